The van der Waals surface area contributed by atoms with Crippen LogP contribution in [0.4, 0.5) is 10.1 Å². The first kappa shape index (κ1) is 17.3. The number of hydrogen-bond donors (Lipinski definition) is 2. The quantitative estimate of drug-likeness (QED) is 0.684. The molecule has 0 bridgehead atoms. The number of halogens is 3. The number of carbonyl (C=O) groups is 1. The van der Waals surface area contributed by atoms with Crippen molar-refractivity contribution in [2.75, 3.05) is 18.4 Å². The molecule has 0 saturated carbocycles. The van der Waals surface area contributed by atoms with Crippen molar-refractivity contribution in [3.8, 4) is 0 Å². The van der Waals surface area contributed by atoms with E-state index in [0.717, 1.165) is 23.1 Å². The summed E-state index contributed by atoms with van der Waals surface area (Å²) in [5.41, 5.74) is 3.07. The fourth-order valence-corrected chi connectivity index (χ4v) is 3.80. The zero-order chi connectivity index (χ0) is 18.3. The van der Waals surface area contributed by atoms with Crippen LogP contribution in [-0.2, 0) is 17.8 Å². The lowest BCUT2D eigenvalue weighted by atomic mass is 10.0. The molecular formula is C19H16Cl2FN3O. The summed E-state index contributed by atoms with van der Waals surface area (Å²) >= 11 is 12.1. The van der Waals surface area contributed by atoms with Crippen LogP contribution in [0.5, 0.6) is 0 Å². The second-order valence-electron chi connectivity index (χ2n) is 6.38. The highest BCUT2D eigenvalue weighted by atomic mass is 35.5. The van der Waals surface area contributed by atoms with Gasteiger partial charge in [-0.1, -0.05) is 35.3 Å². The van der Waals surface area contributed by atoms with Crippen LogP contribution in [0.15, 0.2) is 36.4 Å². The van der Waals surface area contributed by atoms with E-state index in [-0.39, 0.29) is 18.3 Å². The smallest absolute Gasteiger partial charge is 0.238 e. The predicted octanol–water partition coefficient (Wildman–Crippen LogP) is 4.61. The second kappa shape index (κ2) is 6.91. The van der Waals surface area contributed by atoms with Gasteiger partial charge in [-0.25, -0.2) is 4.39 Å². The van der Waals surface area contributed by atoms with E-state index in [1.54, 1.807) is 18.2 Å². The Bertz CT molecular complexity index is 1000. The van der Waals surface area contributed by atoms with Crippen molar-refractivity contribution in [3.63, 3.8) is 0 Å². The van der Waals surface area contributed by atoms with Crippen molar-refractivity contribution in [1.82, 2.24) is 9.88 Å². The number of hydrogen-bond acceptors (Lipinski definition) is 2. The molecule has 2 aromatic carbocycles. The van der Waals surface area contributed by atoms with Crippen molar-refractivity contribution < 1.29 is 9.18 Å². The third-order valence-corrected chi connectivity index (χ3v) is 5.14. The molecule has 2 heterocycles. The summed E-state index contributed by atoms with van der Waals surface area (Å²) < 4.78 is 14.1. The number of para-hydroxylation sites is 1. The fourth-order valence-electron chi connectivity index (χ4n) is 3.41. The molecule has 0 unspecified atom stereocenters. The molecule has 134 valence electrons. The van der Waals surface area contributed by atoms with E-state index in [0.29, 0.717) is 34.3 Å². The van der Waals surface area contributed by atoms with Gasteiger partial charge in [0.1, 0.15) is 5.82 Å². The van der Waals surface area contributed by atoms with Crippen LogP contribution in [0.1, 0.15) is 11.3 Å². The summed E-state index contributed by atoms with van der Waals surface area (Å²) in [6.07, 6.45) is 0.731. The number of fused-ring (bicyclic) bond motifs is 3. The van der Waals surface area contributed by atoms with E-state index in [2.05, 4.69) is 10.3 Å². The summed E-state index contributed by atoms with van der Waals surface area (Å²) in [6, 6.07) is 10.2. The second-order valence-corrected chi connectivity index (χ2v) is 7.22. The van der Waals surface area contributed by atoms with Crippen molar-refractivity contribution >= 4 is 45.7 Å². The number of aromatic nitrogens is 1. The molecule has 0 atom stereocenters. The van der Waals surface area contributed by atoms with Gasteiger partial charge in [0.15, 0.2) is 0 Å². The Kier molecular flexibility index (Phi) is 4.61. The minimum atomic E-state index is -0.357. The van der Waals surface area contributed by atoms with Crippen LogP contribution < -0.4 is 5.32 Å². The van der Waals surface area contributed by atoms with E-state index in [1.807, 2.05) is 17.0 Å². The number of benzene rings is 2. The van der Waals surface area contributed by atoms with Gasteiger partial charge in [-0.15, -0.1) is 0 Å². The topological polar surface area (TPSA) is 48.1 Å². The number of nitrogens with one attached hydrogen (secondary N) is 2. The Hall–Kier alpha value is -2.08. The molecule has 3 aromatic rings. The number of aromatic amines is 1. The molecule has 2 N–H and O–H groups in total. The van der Waals surface area contributed by atoms with Gasteiger partial charge in [0, 0.05) is 29.2 Å². The minimum Gasteiger partial charge on any atom is -0.355 e. The number of nitrogens with zero attached hydrogens (tertiary/aromatic N) is 1. The third-order valence-electron chi connectivity index (χ3n) is 4.60. The summed E-state index contributed by atoms with van der Waals surface area (Å²) in [4.78, 5) is 17.5. The number of amides is 1. The van der Waals surface area contributed by atoms with Crippen molar-refractivity contribution in [2.24, 2.45) is 0 Å². The van der Waals surface area contributed by atoms with Crippen LogP contribution in [0.2, 0.25) is 10.0 Å². The van der Waals surface area contributed by atoms with Gasteiger partial charge in [-0.2, -0.15) is 0 Å². The standard InChI is InChI=1S/C19H16Cl2FN3O/c20-11-7-13-12-5-6-25(9-17(12)24-19(13)15(22)8-11)10-18(26)23-16-4-2-1-3-14(16)21/h1-4,7-8,24H,5-6,9-10H2,(H,23,26). The van der Waals surface area contributed by atoms with Crippen molar-refractivity contribution in [1.29, 1.82) is 0 Å². The largest absolute Gasteiger partial charge is 0.355 e. The zero-order valence-electron chi connectivity index (χ0n) is 13.8. The Morgan fingerprint density at radius 3 is 2.88 bits per heavy atom. The van der Waals surface area contributed by atoms with Gasteiger partial charge in [-0.05, 0) is 36.2 Å². The van der Waals surface area contributed by atoms with E-state index < -0.39 is 0 Å². The SMILES string of the molecule is O=C(CN1CCc2c([nH]c3c(F)cc(Cl)cc23)C1)Nc1ccccc1Cl. The first-order valence-electron chi connectivity index (χ1n) is 8.26. The molecule has 4 nitrogen and oxygen atoms in total. The molecule has 0 aliphatic carbocycles. The molecule has 1 aliphatic heterocycles. The minimum absolute atomic E-state index is 0.133. The Morgan fingerprint density at radius 2 is 2.08 bits per heavy atom. The van der Waals surface area contributed by atoms with E-state index in [1.165, 1.54) is 6.07 Å². The number of anilines is 1. The van der Waals surface area contributed by atoms with Crippen LogP contribution in [0.25, 0.3) is 10.9 Å². The van der Waals surface area contributed by atoms with Gasteiger partial charge < -0.3 is 10.3 Å². The third kappa shape index (κ3) is 3.30. The molecule has 1 aliphatic rings. The molecule has 1 amide bonds. The van der Waals surface area contributed by atoms with Crippen molar-refractivity contribution in [3.05, 3.63) is 63.5 Å². The van der Waals surface area contributed by atoms with Crippen LogP contribution >= 0.6 is 23.2 Å². The van der Waals surface area contributed by atoms with Crippen LogP contribution in [0.3, 0.4) is 0 Å². The van der Waals surface area contributed by atoms with E-state index in [4.69, 9.17) is 23.2 Å². The van der Waals surface area contributed by atoms with Gasteiger partial charge in [-0.3, -0.25) is 9.69 Å². The molecule has 0 fully saturated rings. The first-order valence-corrected chi connectivity index (χ1v) is 9.02. The highest BCUT2D eigenvalue weighted by Gasteiger charge is 2.23. The highest BCUT2D eigenvalue weighted by Crippen LogP contribution is 2.31. The summed E-state index contributed by atoms with van der Waals surface area (Å²) in [5.74, 6) is -0.489. The van der Waals surface area contributed by atoms with Crippen LogP contribution in [0, 0.1) is 5.82 Å². The maximum atomic E-state index is 14.1. The Labute approximate surface area is 159 Å². The molecule has 26 heavy (non-hydrogen) atoms. The number of carbonyl (C=O) groups excluding carboxylic acids is 1. The lowest BCUT2D eigenvalue weighted by Gasteiger charge is -2.26. The average molecular weight is 392 g/mol. The lowest BCUT2D eigenvalue weighted by molar-refractivity contribution is -0.117. The molecule has 0 spiro atoms. The Morgan fingerprint density at radius 1 is 1.27 bits per heavy atom. The normalized spacial score (nSPS) is 14.4. The van der Waals surface area contributed by atoms with Crippen molar-refractivity contribution in [2.45, 2.75) is 13.0 Å². The number of rotatable bonds is 3. The maximum Gasteiger partial charge on any atom is 0.238 e. The molecule has 1 aromatic heterocycles. The molecule has 0 radical (unpaired) electrons. The maximum absolute atomic E-state index is 14.1. The number of H-pyrrole nitrogens is 1. The summed E-state index contributed by atoms with van der Waals surface area (Å²) in [7, 11) is 0. The molecule has 7 heteroatoms. The lowest BCUT2D eigenvalue weighted by Crippen LogP contribution is -2.37. The summed E-state index contributed by atoms with van der Waals surface area (Å²) in [5, 5.41) is 4.54. The van der Waals surface area contributed by atoms with Crippen LogP contribution in [-0.4, -0.2) is 28.9 Å². The Balaban J connectivity index is 1.49. The monoisotopic (exact) mass is 391 g/mol. The molecular weight excluding hydrogens is 376 g/mol. The predicted molar refractivity (Wildman–Crippen MR) is 102 cm³/mol. The van der Waals surface area contributed by atoms with Gasteiger partial charge >= 0.3 is 0 Å². The molecule has 4 rings (SSSR count). The fraction of sp³-hybridized carbons (Fsp3) is 0.211. The molecule has 0 saturated heterocycles. The first-order chi connectivity index (χ1) is 12.5. The van der Waals surface area contributed by atoms with E-state index >= 15 is 0 Å². The van der Waals surface area contributed by atoms with E-state index in [9.17, 15) is 9.18 Å². The summed E-state index contributed by atoms with van der Waals surface area (Å²) in [6.45, 7) is 1.50. The average Bonchev–Trinajstić information content (AvgIpc) is 2.95. The van der Waals surface area contributed by atoms with Gasteiger partial charge in [0.25, 0.3) is 0 Å². The van der Waals surface area contributed by atoms with Gasteiger partial charge in [0.05, 0.1) is 22.8 Å². The highest BCUT2D eigenvalue weighted by molar-refractivity contribution is 6.33. The zero-order valence-corrected chi connectivity index (χ0v) is 15.3. The van der Waals surface area contributed by atoms with Gasteiger partial charge in [0.2, 0.25) is 5.91 Å².